The molecule has 1 aliphatic heterocycles. The van der Waals surface area contributed by atoms with Gasteiger partial charge in [-0.15, -0.1) is 0 Å². The van der Waals surface area contributed by atoms with Gasteiger partial charge in [0.2, 0.25) is 5.82 Å². The number of pyridine rings is 1. The van der Waals surface area contributed by atoms with Crippen LogP contribution in [0.3, 0.4) is 0 Å². The van der Waals surface area contributed by atoms with Gasteiger partial charge in [0.25, 0.3) is 0 Å². The van der Waals surface area contributed by atoms with Crippen LogP contribution in [-0.4, -0.2) is 33.6 Å². The number of hydrogen-bond acceptors (Lipinski definition) is 5. The highest BCUT2D eigenvalue weighted by atomic mass is 16.6. The molecule has 106 valence electrons. The summed E-state index contributed by atoms with van der Waals surface area (Å²) in [6.45, 7) is 0.541. The van der Waals surface area contributed by atoms with E-state index in [2.05, 4.69) is 4.98 Å². The van der Waals surface area contributed by atoms with Crippen molar-refractivity contribution in [3.8, 4) is 0 Å². The van der Waals surface area contributed by atoms with Gasteiger partial charge in [-0.3, -0.25) is 10.1 Å². The summed E-state index contributed by atoms with van der Waals surface area (Å²) in [5.74, 6) is -0.356. The molecule has 0 amide bonds. The van der Waals surface area contributed by atoms with Gasteiger partial charge < -0.3 is 10.0 Å². The predicted molar refractivity (Wildman–Crippen MR) is 70.5 cm³/mol. The number of carboxylic acid groups (broad SMARTS) is 1. The number of carboxylic acids is 1. The Morgan fingerprint density at radius 3 is 3.00 bits per heavy atom. The highest BCUT2D eigenvalue weighted by Gasteiger charge is 2.49. The average Bonchev–Trinajstić information content (AvgIpc) is 2.97. The van der Waals surface area contributed by atoms with Crippen LogP contribution in [0.1, 0.15) is 19.3 Å². The van der Waals surface area contributed by atoms with E-state index in [4.69, 9.17) is 0 Å². The SMILES string of the molecule is O=C(O)C1C2CCCC2CN1c1ncccc1[N+](=O)[O-]. The molecular formula is C13H15N3O4. The first kappa shape index (κ1) is 12.8. The number of hydrogen-bond donors (Lipinski definition) is 1. The summed E-state index contributed by atoms with van der Waals surface area (Å²) in [7, 11) is 0. The predicted octanol–water partition coefficient (Wildman–Crippen LogP) is 1.68. The maximum Gasteiger partial charge on any atom is 0.326 e. The normalized spacial score (nSPS) is 28.4. The lowest BCUT2D eigenvalue weighted by Crippen LogP contribution is -2.40. The standard InChI is InChI=1S/C13H15N3O4/c17-13(18)11-9-4-1-3-8(9)7-15(11)12-10(16(19)20)5-2-6-14-12/h2,5-6,8-9,11H,1,3-4,7H2,(H,17,18). The van der Waals surface area contributed by atoms with Crippen LogP contribution >= 0.6 is 0 Å². The third-order valence-corrected chi connectivity index (χ3v) is 4.38. The molecule has 0 aromatic carbocycles. The minimum Gasteiger partial charge on any atom is -0.480 e. The molecule has 1 aromatic heterocycles. The second-order valence-electron chi connectivity index (χ2n) is 5.39. The molecule has 7 nitrogen and oxygen atoms in total. The van der Waals surface area contributed by atoms with Gasteiger partial charge >= 0.3 is 11.7 Å². The highest BCUT2D eigenvalue weighted by Crippen LogP contribution is 2.45. The Morgan fingerprint density at radius 2 is 2.30 bits per heavy atom. The smallest absolute Gasteiger partial charge is 0.326 e. The lowest BCUT2D eigenvalue weighted by Gasteiger charge is -2.24. The van der Waals surface area contributed by atoms with E-state index in [1.807, 2.05) is 0 Å². The maximum absolute atomic E-state index is 11.6. The fraction of sp³-hybridized carbons (Fsp3) is 0.538. The maximum atomic E-state index is 11.6. The van der Waals surface area contributed by atoms with Gasteiger partial charge in [0, 0.05) is 18.8 Å². The molecule has 2 heterocycles. The van der Waals surface area contributed by atoms with Crippen LogP contribution < -0.4 is 4.90 Å². The van der Waals surface area contributed by atoms with Crippen LogP contribution in [0, 0.1) is 22.0 Å². The largest absolute Gasteiger partial charge is 0.480 e. The minimum atomic E-state index is -0.917. The van der Waals surface area contributed by atoms with Crippen molar-refractivity contribution in [1.29, 1.82) is 0 Å². The molecule has 7 heteroatoms. The van der Waals surface area contributed by atoms with E-state index < -0.39 is 16.9 Å². The van der Waals surface area contributed by atoms with Crippen LogP contribution in [0.2, 0.25) is 0 Å². The van der Waals surface area contributed by atoms with Crippen molar-refractivity contribution in [1.82, 2.24) is 4.98 Å². The molecule has 0 spiro atoms. The number of carbonyl (C=O) groups is 1. The van der Waals surface area contributed by atoms with Crippen molar-refractivity contribution >= 4 is 17.5 Å². The summed E-state index contributed by atoms with van der Waals surface area (Å²) in [5, 5.41) is 20.6. The first-order chi connectivity index (χ1) is 9.59. The van der Waals surface area contributed by atoms with E-state index >= 15 is 0 Å². The highest BCUT2D eigenvalue weighted by molar-refractivity contribution is 5.80. The van der Waals surface area contributed by atoms with Crippen LogP contribution in [-0.2, 0) is 4.79 Å². The number of aliphatic carboxylic acids is 1. The molecule has 20 heavy (non-hydrogen) atoms. The molecule has 3 rings (SSSR count). The number of aromatic nitrogens is 1. The number of nitrogens with zero attached hydrogens (tertiary/aromatic N) is 3. The average molecular weight is 277 g/mol. The zero-order valence-corrected chi connectivity index (χ0v) is 10.8. The summed E-state index contributed by atoms with van der Waals surface area (Å²) < 4.78 is 0. The molecule has 0 bridgehead atoms. The van der Waals surface area contributed by atoms with Crippen molar-refractivity contribution in [3.63, 3.8) is 0 Å². The van der Waals surface area contributed by atoms with Gasteiger partial charge in [-0.1, -0.05) is 6.42 Å². The van der Waals surface area contributed by atoms with Crippen molar-refractivity contribution in [2.75, 3.05) is 11.4 Å². The molecule has 1 saturated heterocycles. The second kappa shape index (κ2) is 4.73. The van der Waals surface area contributed by atoms with Crippen LogP contribution in [0.25, 0.3) is 0 Å². The Hall–Kier alpha value is -2.18. The van der Waals surface area contributed by atoms with E-state index in [1.165, 1.54) is 18.3 Å². The first-order valence-electron chi connectivity index (χ1n) is 6.68. The van der Waals surface area contributed by atoms with Gasteiger partial charge in [-0.2, -0.15) is 0 Å². The summed E-state index contributed by atoms with van der Waals surface area (Å²) in [6, 6.07) is 2.17. The fourth-order valence-electron chi connectivity index (χ4n) is 3.59. The molecule has 3 atom stereocenters. The molecule has 1 saturated carbocycles. The third kappa shape index (κ3) is 1.90. The molecular weight excluding hydrogens is 262 g/mol. The van der Waals surface area contributed by atoms with E-state index in [-0.39, 0.29) is 17.4 Å². The number of fused-ring (bicyclic) bond motifs is 1. The topological polar surface area (TPSA) is 96.6 Å². The van der Waals surface area contributed by atoms with Gasteiger partial charge in [0.1, 0.15) is 6.04 Å². The Labute approximate surface area is 115 Å². The van der Waals surface area contributed by atoms with E-state index in [0.29, 0.717) is 12.5 Å². The van der Waals surface area contributed by atoms with Crippen molar-refractivity contribution in [3.05, 3.63) is 28.4 Å². The Kier molecular flexibility index (Phi) is 3.04. The number of nitro groups is 1. The fourth-order valence-corrected chi connectivity index (χ4v) is 3.59. The first-order valence-corrected chi connectivity index (χ1v) is 6.68. The Morgan fingerprint density at radius 1 is 1.50 bits per heavy atom. The lowest BCUT2D eigenvalue weighted by molar-refractivity contribution is -0.384. The number of anilines is 1. The van der Waals surface area contributed by atoms with Crippen molar-refractivity contribution in [2.45, 2.75) is 25.3 Å². The molecule has 1 N–H and O–H groups in total. The molecule has 2 aliphatic rings. The molecule has 0 radical (unpaired) electrons. The summed E-state index contributed by atoms with van der Waals surface area (Å²) in [6.07, 6.45) is 4.37. The van der Waals surface area contributed by atoms with Gasteiger partial charge in [0.15, 0.2) is 0 Å². The van der Waals surface area contributed by atoms with Crippen molar-refractivity contribution in [2.24, 2.45) is 11.8 Å². The van der Waals surface area contributed by atoms with E-state index in [0.717, 1.165) is 19.3 Å². The molecule has 1 aromatic rings. The summed E-state index contributed by atoms with van der Waals surface area (Å²) in [5.41, 5.74) is -0.126. The Balaban J connectivity index is 2.01. The van der Waals surface area contributed by atoms with Gasteiger partial charge in [-0.25, -0.2) is 9.78 Å². The third-order valence-electron chi connectivity index (χ3n) is 4.38. The van der Waals surface area contributed by atoms with Crippen LogP contribution in [0.5, 0.6) is 0 Å². The van der Waals surface area contributed by atoms with E-state index in [9.17, 15) is 20.0 Å². The Bertz CT molecular complexity index is 562. The van der Waals surface area contributed by atoms with E-state index in [1.54, 1.807) is 4.90 Å². The number of rotatable bonds is 3. The van der Waals surface area contributed by atoms with Crippen molar-refractivity contribution < 1.29 is 14.8 Å². The van der Waals surface area contributed by atoms with Crippen LogP contribution in [0.15, 0.2) is 18.3 Å². The monoisotopic (exact) mass is 277 g/mol. The lowest BCUT2D eigenvalue weighted by atomic mass is 9.94. The molecule has 1 aliphatic carbocycles. The molecule has 3 unspecified atom stereocenters. The minimum absolute atomic E-state index is 0.0779. The second-order valence-corrected chi connectivity index (χ2v) is 5.39. The van der Waals surface area contributed by atoms with Gasteiger partial charge in [-0.05, 0) is 30.7 Å². The van der Waals surface area contributed by atoms with Gasteiger partial charge in [0.05, 0.1) is 4.92 Å². The zero-order valence-electron chi connectivity index (χ0n) is 10.8. The summed E-state index contributed by atoms with van der Waals surface area (Å²) >= 11 is 0. The van der Waals surface area contributed by atoms with Crippen LogP contribution in [0.4, 0.5) is 11.5 Å². The summed E-state index contributed by atoms with van der Waals surface area (Å²) in [4.78, 5) is 27.8. The quantitative estimate of drug-likeness (QED) is 0.667. The zero-order chi connectivity index (χ0) is 14.3. The molecule has 2 fully saturated rings.